The van der Waals surface area contributed by atoms with Crippen LogP contribution in [0.3, 0.4) is 0 Å². The maximum absolute atomic E-state index is 12.0. The second kappa shape index (κ2) is 8.04. The maximum atomic E-state index is 12.0. The Morgan fingerprint density at radius 1 is 1.24 bits per heavy atom. The van der Waals surface area contributed by atoms with Gasteiger partial charge in [0.1, 0.15) is 5.75 Å². The van der Waals surface area contributed by atoms with Crippen molar-refractivity contribution in [2.75, 3.05) is 18.2 Å². The minimum atomic E-state index is -0.209. The summed E-state index contributed by atoms with van der Waals surface area (Å²) in [5.41, 5.74) is 1.32. The zero-order chi connectivity index (χ0) is 17.6. The van der Waals surface area contributed by atoms with Crippen LogP contribution in [0.25, 0.3) is 11.5 Å². The van der Waals surface area contributed by atoms with Crippen molar-refractivity contribution < 1.29 is 13.9 Å². The molecular weight excluding hydrogens is 362 g/mol. The van der Waals surface area contributed by atoms with Gasteiger partial charge >= 0.3 is 0 Å². The topological polar surface area (TPSA) is 77.2 Å². The molecule has 0 bridgehead atoms. The van der Waals surface area contributed by atoms with Crippen LogP contribution in [0.1, 0.15) is 0 Å². The molecule has 0 aliphatic rings. The summed E-state index contributed by atoms with van der Waals surface area (Å²) in [4.78, 5) is 12.0. The molecule has 0 fully saturated rings. The molecular formula is C17H14ClN3O3S. The van der Waals surface area contributed by atoms with Crippen LogP contribution >= 0.6 is 23.4 Å². The number of para-hydroxylation sites is 1. The van der Waals surface area contributed by atoms with Gasteiger partial charge in [0.25, 0.3) is 5.22 Å². The number of hydrogen-bond acceptors (Lipinski definition) is 6. The van der Waals surface area contributed by atoms with E-state index in [0.29, 0.717) is 27.6 Å². The predicted octanol–water partition coefficient (Wildman–Crippen LogP) is 4.13. The van der Waals surface area contributed by atoms with Gasteiger partial charge in [0.05, 0.1) is 23.6 Å². The van der Waals surface area contributed by atoms with Crippen LogP contribution in [0.4, 0.5) is 5.69 Å². The van der Waals surface area contributed by atoms with Gasteiger partial charge in [-0.15, -0.1) is 10.2 Å². The molecule has 1 heterocycles. The van der Waals surface area contributed by atoms with Gasteiger partial charge in [0, 0.05) is 5.56 Å². The summed E-state index contributed by atoms with van der Waals surface area (Å²) in [6.45, 7) is 0. The SMILES string of the molecule is COc1cccc(-c2nnc(SCC(=O)Nc3ccccc3Cl)o2)c1. The molecule has 8 heteroatoms. The molecule has 0 aliphatic heterocycles. The lowest BCUT2D eigenvalue weighted by atomic mass is 10.2. The van der Waals surface area contributed by atoms with Gasteiger partial charge in [0.2, 0.25) is 11.8 Å². The molecule has 2 aromatic carbocycles. The van der Waals surface area contributed by atoms with Gasteiger partial charge in [-0.25, -0.2) is 0 Å². The molecule has 6 nitrogen and oxygen atoms in total. The molecule has 0 radical (unpaired) electrons. The summed E-state index contributed by atoms with van der Waals surface area (Å²) >= 11 is 7.16. The first-order valence-corrected chi connectivity index (χ1v) is 8.67. The number of amides is 1. The maximum Gasteiger partial charge on any atom is 0.277 e. The fraction of sp³-hybridized carbons (Fsp3) is 0.118. The average molecular weight is 376 g/mol. The second-order valence-corrected chi connectivity index (χ2v) is 6.26. The van der Waals surface area contributed by atoms with Gasteiger partial charge < -0.3 is 14.5 Å². The van der Waals surface area contributed by atoms with E-state index in [9.17, 15) is 4.79 Å². The third-order valence-corrected chi connectivity index (χ3v) is 4.35. The quantitative estimate of drug-likeness (QED) is 0.653. The number of carbonyl (C=O) groups excluding carboxylic acids is 1. The molecule has 0 atom stereocenters. The van der Waals surface area contributed by atoms with Crippen LogP contribution in [0.5, 0.6) is 5.75 Å². The summed E-state index contributed by atoms with van der Waals surface area (Å²) < 4.78 is 10.7. The normalized spacial score (nSPS) is 10.5. The van der Waals surface area contributed by atoms with Crippen LogP contribution in [0, 0.1) is 0 Å². The number of aromatic nitrogens is 2. The number of benzene rings is 2. The van der Waals surface area contributed by atoms with E-state index in [-0.39, 0.29) is 11.7 Å². The first-order valence-electron chi connectivity index (χ1n) is 7.31. The molecule has 1 amide bonds. The van der Waals surface area contributed by atoms with Crippen molar-refractivity contribution in [2.24, 2.45) is 0 Å². The van der Waals surface area contributed by atoms with E-state index in [1.165, 1.54) is 0 Å². The Balaban J connectivity index is 1.60. The molecule has 1 aromatic heterocycles. The monoisotopic (exact) mass is 375 g/mol. The Morgan fingerprint density at radius 3 is 2.88 bits per heavy atom. The highest BCUT2D eigenvalue weighted by Gasteiger charge is 2.12. The van der Waals surface area contributed by atoms with Crippen molar-refractivity contribution in [2.45, 2.75) is 5.22 Å². The average Bonchev–Trinajstić information content (AvgIpc) is 3.11. The molecule has 0 spiro atoms. The predicted molar refractivity (Wildman–Crippen MR) is 97.1 cm³/mol. The van der Waals surface area contributed by atoms with Gasteiger partial charge in [-0.3, -0.25) is 4.79 Å². The molecule has 3 aromatic rings. The largest absolute Gasteiger partial charge is 0.497 e. The molecule has 3 rings (SSSR count). The second-order valence-electron chi connectivity index (χ2n) is 4.92. The van der Waals surface area contributed by atoms with Crippen LogP contribution in [-0.4, -0.2) is 29.0 Å². The number of halogens is 1. The molecule has 0 unspecified atom stereocenters. The van der Waals surface area contributed by atoms with Crippen molar-refractivity contribution in [1.29, 1.82) is 0 Å². The van der Waals surface area contributed by atoms with E-state index in [0.717, 1.165) is 17.3 Å². The summed E-state index contributed by atoms with van der Waals surface area (Å²) in [6.07, 6.45) is 0. The van der Waals surface area contributed by atoms with Crippen molar-refractivity contribution in [3.63, 3.8) is 0 Å². The summed E-state index contributed by atoms with van der Waals surface area (Å²) in [6, 6.07) is 14.3. The van der Waals surface area contributed by atoms with Crippen molar-refractivity contribution in [3.8, 4) is 17.2 Å². The Morgan fingerprint density at radius 2 is 2.08 bits per heavy atom. The highest BCUT2D eigenvalue weighted by Crippen LogP contribution is 2.26. The third kappa shape index (κ3) is 4.52. The lowest BCUT2D eigenvalue weighted by Gasteiger charge is -2.05. The van der Waals surface area contributed by atoms with E-state index >= 15 is 0 Å². The Bertz CT molecular complexity index is 885. The summed E-state index contributed by atoms with van der Waals surface area (Å²) in [5, 5.41) is 11.5. The number of nitrogens with one attached hydrogen (secondary N) is 1. The lowest BCUT2D eigenvalue weighted by Crippen LogP contribution is -2.14. The summed E-state index contributed by atoms with van der Waals surface area (Å²) in [5.74, 6) is 0.987. The Hall–Kier alpha value is -2.51. The van der Waals surface area contributed by atoms with Gasteiger partial charge in [-0.2, -0.15) is 0 Å². The van der Waals surface area contributed by atoms with E-state index in [1.54, 1.807) is 37.4 Å². The van der Waals surface area contributed by atoms with Crippen molar-refractivity contribution in [1.82, 2.24) is 10.2 Å². The number of hydrogen-bond donors (Lipinski definition) is 1. The number of anilines is 1. The van der Waals surface area contributed by atoms with Crippen LogP contribution < -0.4 is 10.1 Å². The minimum Gasteiger partial charge on any atom is -0.497 e. The Kier molecular flexibility index (Phi) is 5.57. The van der Waals surface area contributed by atoms with E-state index in [1.807, 2.05) is 18.2 Å². The van der Waals surface area contributed by atoms with Crippen LogP contribution in [0.15, 0.2) is 58.2 Å². The number of ether oxygens (including phenoxy) is 1. The molecule has 0 saturated carbocycles. The number of thioether (sulfide) groups is 1. The zero-order valence-corrected chi connectivity index (χ0v) is 14.8. The minimum absolute atomic E-state index is 0.130. The fourth-order valence-electron chi connectivity index (χ4n) is 2.02. The van der Waals surface area contributed by atoms with Crippen LogP contribution in [0.2, 0.25) is 5.02 Å². The molecule has 0 aliphatic carbocycles. The Labute approximate surface area is 153 Å². The zero-order valence-electron chi connectivity index (χ0n) is 13.2. The molecule has 25 heavy (non-hydrogen) atoms. The van der Waals surface area contributed by atoms with E-state index in [2.05, 4.69) is 15.5 Å². The highest BCUT2D eigenvalue weighted by atomic mass is 35.5. The van der Waals surface area contributed by atoms with Gasteiger partial charge in [-0.1, -0.05) is 41.6 Å². The van der Waals surface area contributed by atoms with Crippen molar-refractivity contribution >= 4 is 35.0 Å². The number of rotatable bonds is 6. The van der Waals surface area contributed by atoms with Crippen molar-refractivity contribution in [3.05, 3.63) is 53.6 Å². The smallest absolute Gasteiger partial charge is 0.277 e. The van der Waals surface area contributed by atoms with E-state index in [4.69, 9.17) is 20.8 Å². The number of methoxy groups -OCH3 is 1. The number of nitrogens with zero attached hydrogens (tertiary/aromatic N) is 2. The molecule has 0 saturated heterocycles. The van der Waals surface area contributed by atoms with Gasteiger partial charge in [0.15, 0.2) is 0 Å². The van der Waals surface area contributed by atoms with Crippen LogP contribution in [-0.2, 0) is 4.79 Å². The molecule has 128 valence electrons. The third-order valence-electron chi connectivity index (χ3n) is 3.20. The fourth-order valence-corrected chi connectivity index (χ4v) is 2.76. The number of carbonyl (C=O) groups is 1. The summed E-state index contributed by atoms with van der Waals surface area (Å²) in [7, 11) is 1.59. The first kappa shape index (κ1) is 17.3. The lowest BCUT2D eigenvalue weighted by molar-refractivity contribution is -0.113. The highest BCUT2D eigenvalue weighted by molar-refractivity contribution is 7.99. The first-order chi connectivity index (χ1) is 12.2. The standard InChI is InChI=1S/C17H14ClN3O3S/c1-23-12-6-4-5-11(9-12)16-20-21-17(24-16)25-10-15(22)19-14-8-3-2-7-13(14)18/h2-9H,10H2,1H3,(H,19,22). The molecule has 1 N–H and O–H groups in total. The van der Waals surface area contributed by atoms with E-state index < -0.39 is 0 Å². The van der Waals surface area contributed by atoms with Gasteiger partial charge in [-0.05, 0) is 30.3 Å².